The number of ketones is 1. The first-order valence-corrected chi connectivity index (χ1v) is 12.6. The number of amides is 1. The largest absolute Gasteiger partial charge is 0.507 e. The van der Waals surface area contributed by atoms with Crippen molar-refractivity contribution in [2.24, 2.45) is 5.92 Å². The Hall–Kier alpha value is -4.26. The maximum Gasteiger partial charge on any atom is 0.295 e. The summed E-state index contributed by atoms with van der Waals surface area (Å²) in [7, 11) is 0. The molecule has 0 aliphatic carbocycles. The van der Waals surface area contributed by atoms with Crippen LogP contribution in [0, 0.1) is 17.6 Å². The van der Waals surface area contributed by atoms with E-state index in [2.05, 4.69) is 18.8 Å². The lowest BCUT2D eigenvalue weighted by Crippen LogP contribution is -2.31. The lowest BCUT2D eigenvalue weighted by molar-refractivity contribution is -0.139. The van der Waals surface area contributed by atoms with Gasteiger partial charge in [0, 0.05) is 29.7 Å². The van der Waals surface area contributed by atoms with Crippen molar-refractivity contribution >= 4 is 28.4 Å². The lowest BCUT2D eigenvalue weighted by Gasteiger charge is -2.25. The Labute approximate surface area is 219 Å². The fourth-order valence-corrected chi connectivity index (χ4v) is 5.17. The van der Waals surface area contributed by atoms with E-state index in [1.54, 1.807) is 0 Å². The highest BCUT2D eigenvalue weighted by Gasteiger charge is 2.46. The van der Waals surface area contributed by atoms with Crippen LogP contribution in [0.25, 0.3) is 16.7 Å². The minimum absolute atomic E-state index is 0.202. The molecular formula is C31H28F2N2O3. The summed E-state index contributed by atoms with van der Waals surface area (Å²) in [6.45, 7) is 4.43. The van der Waals surface area contributed by atoms with Crippen molar-refractivity contribution in [3.8, 4) is 0 Å². The van der Waals surface area contributed by atoms with Crippen molar-refractivity contribution in [1.29, 1.82) is 0 Å². The Balaban J connectivity index is 1.57. The first kappa shape index (κ1) is 25.4. The number of likely N-dealkylation sites (tertiary alicyclic amines) is 1. The van der Waals surface area contributed by atoms with Gasteiger partial charge in [-0.1, -0.05) is 56.3 Å². The number of nitrogens with one attached hydrogen (secondary N) is 1. The van der Waals surface area contributed by atoms with Crippen LogP contribution in [0.1, 0.15) is 42.1 Å². The third-order valence-electron chi connectivity index (χ3n) is 6.96. The Morgan fingerprint density at radius 1 is 1.03 bits per heavy atom. The number of benzene rings is 3. The van der Waals surface area contributed by atoms with Gasteiger partial charge in [0.1, 0.15) is 17.4 Å². The summed E-state index contributed by atoms with van der Waals surface area (Å²) in [5.41, 5.74) is 3.13. The number of aliphatic hydroxyl groups excluding tert-OH is 1. The third kappa shape index (κ3) is 4.72. The highest BCUT2D eigenvalue weighted by atomic mass is 19.1. The number of Topliss-reactive ketones (excluding diaryl/α,β-unsaturated/α-hetero) is 1. The molecule has 2 N–H and O–H groups in total. The summed E-state index contributed by atoms with van der Waals surface area (Å²) < 4.78 is 28.1. The number of aromatic amines is 1. The number of para-hydroxylation sites is 1. The fourth-order valence-electron chi connectivity index (χ4n) is 5.17. The predicted octanol–water partition coefficient (Wildman–Crippen LogP) is 6.31. The number of carbonyl (C=O) groups excluding carboxylic acids is 2. The van der Waals surface area contributed by atoms with Crippen LogP contribution < -0.4 is 0 Å². The molecule has 0 saturated carbocycles. The van der Waals surface area contributed by atoms with Gasteiger partial charge in [-0.25, -0.2) is 8.78 Å². The second-order valence-electron chi connectivity index (χ2n) is 10.1. The molecule has 0 radical (unpaired) electrons. The number of fused-ring (bicyclic) bond motifs is 1. The quantitative estimate of drug-likeness (QED) is 0.172. The first-order valence-electron chi connectivity index (χ1n) is 12.6. The molecule has 5 nitrogen and oxygen atoms in total. The number of rotatable bonds is 7. The smallest absolute Gasteiger partial charge is 0.295 e. The van der Waals surface area contributed by atoms with Gasteiger partial charge in [0.25, 0.3) is 11.7 Å². The van der Waals surface area contributed by atoms with Crippen molar-refractivity contribution in [2.45, 2.75) is 32.7 Å². The monoisotopic (exact) mass is 514 g/mol. The van der Waals surface area contributed by atoms with Gasteiger partial charge in [0.2, 0.25) is 0 Å². The van der Waals surface area contributed by atoms with Crippen LogP contribution >= 0.6 is 0 Å². The van der Waals surface area contributed by atoms with Crippen LogP contribution in [0.4, 0.5) is 8.78 Å². The van der Waals surface area contributed by atoms with Gasteiger partial charge >= 0.3 is 0 Å². The molecule has 1 atom stereocenters. The van der Waals surface area contributed by atoms with E-state index in [0.717, 1.165) is 40.6 Å². The third-order valence-corrected chi connectivity index (χ3v) is 6.96. The van der Waals surface area contributed by atoms with Gasteiger partial charge in [-0.2, -0.15) is 0 Å². The molecule has 7 heteroatoms. The minimum atomic E-state index is -1.02. The fraction of sp³-hybridized carbons (Fsp3) is 0.226. The van der Waals surface area contributed by atoms with E-state index in [-0.39, 0.29) is 17.7 Å². The Morgan fingerprint density at radius 2 is 1.76 bits per heavy atom. The van der Waals surface area contributed by atoms with Crippen LogP contribution in [0.5, 0.6) is 0 Å². The van der Waals surface area contributed by atoms with Crippen LogP contribution in [0.3, 0.4) is 0 Å². The van der Waals surface area contributed by atoms with E-state index in [4.69, 9.17) is 0 Å². The summed E-state index contributed by atoms with van der Waals surface area (Å²) in [6, 6.07) is 17.1. The molecular weight excluding hydrogens is 486 g/mol. The maximum absolute atomic E-state index is 14.6. The van der Waals surface area contributed by atoms with E-state index >= 15 is 0 Å². The standard InChI is InChI=1S/C31H28F2N2O3/c1-18(2)15-19-7-9-20(10-8-19)28-27(29(36)24-12-11-22(32)16-25(24)33)30(37)31(38)35(28)14-13-21-17-34-26-6-4-3-5-23(21)26/h3-12,16-18,28,34,36H,13-15H2,1-2H3/b29-27+. The molecule has 1 aliphatic rings. The van der Waals surface area contributed by atoms with E-state index in [1.165, 1.54) is 4.90 Å². The molecule has 1 unspecified atom stereocenters. The highest BCUT2D eigenvalue weighted by Crippen LogP contribution is 2.40. The Bertz CT molecular complexity index is 1550. The molecule has 1 amide bonds. The molecule has 0 bridgehead atoms. The molecule has 38 heavy (non-hydrogen) atoms. The second-order valence-corrected chi connectivity index (χ2v) is 10.1. The molecule has 1 aliphatic heterocycles. The van der Waals surface area contributed by atoms with Crippen molar-refractivity contribution in [1.82, 2.24) is 9.88 Å². The van der Waals surface area contributed by atoms with E-state index in [0.29, 0.717) is 24.0 Å². The topological polar surface area (TPSA) is 73.4 Å². The van der Waals surface area contributed by atoms with Gasteiger partial charge in [0.15, 0.2) is 0 Å². The maximum atomic E-state index is 14.6. The summed E-state index contributed by atoms with van der Waals surface area (Å²) >= 11 is 0. The van der Waals surface area contributed by atoms with Crippen molar-refractivity contribution < 1.29 is 23.5 Å². The zero-order valence-corrected chi connectivity index (χ0v) is 21.2. The molecule has 5 rings (SSSR count). The predicted molar refractivity (Wildman–Crippen MR) is 142 cm³/mol. The van der Waals surface area contributed by atoms with Crippen LogP contribution in [0.2, 0.25) is 0 Å². The molecule has 0 spiro atoms. The number of carbonyl (C=O) groups is 2. The minimum Gasteiger partial charge on any atom is -0.507 e. The summed E-state index contributed by atoms with van der Waals surface area (Å²) in [5.74, 6) is -3.71. The van der Waals surface area contributed by atoms with Gasteiger partial charge in [0.05, 0.1) is 17.2 Å². The number of nitrogens with zero attached hydrogens (tertiary/aromatic N) is 1. The van der Waals surface area contributed by atoms with Gasteiger partial charge in [-0.05, 0) is 53.6 Å². The van der Waals surface area contributed by atoms with Crippen LogP contribution in [-0.4, -0.2) is 33.2 Å². The first-order chi connectivity index (χ1) is 18.2. The molecule has 194 valence electrons. The molecule has 1 saturated heterocycles. The summed E-state index contributed by atoms with van der Waals surface area (Å²) in [6.07, 6.45) is 3.20. The summed E-state index contributed by atoms with van der Waals surface area (Å²) in [5, 5.41) is 12.1. The average Bonchev–Trinajstić information content (AvgIpc) is 3.41. The number of hydrogen-bond acceptors (Lipinski definition) is 3. The van der Waals surface area contributed by atoms with Crippen LogP contribution in [0.15, 0.2) is 78.5 Å². The Kier molecular flexibility index (Phi) is 6.85. The SMILES string of the molecule is CC(C)Cc1ccc(C2/C(=C(\O)c3ccc(F)cc3F)C(=O)C(=O)N2CCc2c[nH]c3ccccc23)cc1. The molecule has 1 aromatic heterocycles. The van der Waals surface area contributed by atoms with Crippen molar-refractivity contribution in [3.63, 3.8) is 0 Å². The van der Waals surface area contributed by atoms with Gasteiger partial charge < -0.3 is 15.0 Å². The zero-order chi connectivity index (χ0) is 27.0. The average molecular weight is 515 g/mol. The van der Waals surface area contributed by atoms with Gasteiger partial charge in [-0.15, -0.1) is 0 Å². The van der Waals surface area contributed by atoms with E-state index < -0.39 is 35.1 Å². The number of H-pyrrole nitrogens is 1. The molecule has 4 aromatic rings. The number of aliphatic hydroxyl groups is 1. The molecule has 3 aromatic carbocycles. The zero-order valence-electron chi connectivity index (χ0n) is 21.2. The molecule has 1 fully saturated rings. The van der Waals surface area contributed by atoms with Crippen LogP contribution in [-0.2, 0) is 22.4 Å². The van der Waals surface area contributed by atoms with E-state index in [1.807, 2.05) is 54.7 Å². The van der Waals surface area contributed by atoms with Crippen molar-refractivity contribution in [2.75, 3.05) is 6.54 Å². The normalized spacial score (nSPS) is 17.2. The number of aromatic nitrogens is 1. The van der Waals surface area contributed by atoms with Gasteiger partial charge in [-0.3, -0.25) is 9.59 Å². The lowest BCUT2D eigenvalue weighted by atomic mass is 9.93. The number of halogens is 2. The number of hydrogen-bond donors (Lipinski definition) is 2. The molecule has 2 heterocycles. The van der Waals surface area contributed by atoms with Crippen molar-refractivity contribution in [3.05, 3.63) is 112 Å². The summed E-state index contributed by atoms with van der Waals surface area (Å²) in [4.78, 5) is 31.2. The van der Waals surface area contributed by atoms with E-state index in [9.17, 15) is 23.5 Å². The highest BCUT2D eigenvalue weighted by molar-refractivity contribution is 6.46. The Morgan fingerprint density at radius 3 is 2.47 bits per heavy atom. The second kappa shape index (κ2) is 10.2.